The number of halogens is 1. The fourth-order valence-electron chi connectivity index (χ4n) is 0.948. The monoisotopic (exact) mass is 216 g/mol. The Hall–Kier alpha value is -1.10. The number of hydrogen-bond acceptors (Lipinski definition) is 4. The van der Waals surface area contributed by atoms with Gasteiger partial charge in [-0.25, -0.2) is 9.78 Å². The van der Waals surface area contributed by atoms with Crippen LogP contribution in [-0.2, 0) is 6.54 Å². The number of hydrogen-bond donors (Lipinski definition) is 0. The van der Waals surface area contributed by atoms with E-state index in [0.717, 1.165) is 6.42 Å². The standard InChI is InChI=1S/C8H13ClN4O/c1-12(2)7-10-6-13(5-3-4-9)8(14)11-7/h6H,3-5H2,1-2H3. The summed E-state index contributed by atoms with van der Waals surface area (Å²) in [5, 5.41) is 0. The molecule has 0 saturated carbocycles. The second-order valence-electron chi connectivity index (χ2n) is 3.07. The lowest BCUT2D eigenvalue weighted by Gasteiger charge is -2.09. The Labute approximate surface area is 87.3 Å². The fourth-order valence-corrected chi connectivity index (χ4v) is 1.07. The average Bonchev–Trinajstić information content (AvgIpc) is 2.15. The molecule has 6 heteroatoms. The minimum absolute atomic E-state index is 0.284. The summed E-state index contributed by atoms with van der Waals surface area (Å²) < 4.78 is 1.45. The molecule has 0 amide bonds. The van der Waals surface area contributed by atoms with Crippen molar-refractivity contribution in [1.29, 1.82) is 0 Å². The van der Waals surface area contributed by atoms with Gasteiger partial charge in [-0.15, -0.1) is 11.6 Å². The third-order valence-corrected chi connectivity index (χ3v) is 1.95. The van der Waals surface area contributed by atoms with Crippen LogP contribution in [0.1, 0.15) is 6.42 Å². The predicted octanol–water partition coefficient (Wildman–Crippen LogP) is 0.333. The van der Waals surface area contributed by atoms with E-state index >= 15 is 0 Å². The van der Waals surface area contributed by atoms with Crippen molar-refractivity contribution in [1.82, 2.24) is 14.5 Å². The Morgan fingerprint density at radius 3 is 2.79 bits per heavy atom. The lowest BCUT2D eigenvalue weighted by atomic mass is 10.5. The van der Waals surface area contributed by atoms with Gasteiger partial charge in [0.1, 0.15) is 6.33 Å². The molecule has 1 aromatic rings. The number of aryl methyl sites for hydroxylation is 1. The summed E-state index contributed by atoms with van der Waals surface area (Å²) in [4.78, 5) is 20.9. The van der Waals surface area contributed by atoms with Crippen molar-refractivity contribution >= 4 is 17.5 Å². The van der Waals surface area contributed by atoms with Crippen LogP contribution >= 0.6 is 11.6 Å². The van der Waals surface area contributed by atoms with E-state index < -0.39 is 0 Å². The Morgan fingerprint density at radius 1 is 1.57 bits per heavy atom. The summed E-state index contributed by atoms with van der Waals surface area (Å²) in [5.74, 6) is 0.958. The molecule has 0 N–H and O–H groups in total. The molecule has 0 spiro atoms. The highest BCUT2D eigenvalue weighted by Gasteiger charge is 2.02. The van der Waals surface area contributed by atoms with Gasteiger partial charge < -0.3 is 4.90 Å². The van der Waals surface area contributed by atoms with Gasteiger partial charge in [0.2, 0.25) is 5.95 Å². The number of aromatic nitrogens is 3. The number of alkyl halides is 1. The smallest absolute Gasteiger partial charge is 0.347 e. The molecule has 14 heavy (non-hydrogen) atoms. The van der Waals surface area contributed by atoms with Gasteiger partial charge in [-0.2, -0.15) is 4.98 Å². The molecular weight excluding hydrogens is 204 g/mol. The van der Waals surface area contributed by atoms with Crippen LogP contribution in [0, 0.1) is 0 Å². The Kier molecular flexibility index (Phi) is 3.88. The van der Waals surface area contributed by atoms with E-state index in [1.165, 1.54) is 10.9 Å². The first-order chi connectivity index (χ1) is 6.65. The molecule has 0 aromatic carbocycles. The molecule has 0 radical (unpaired) electrons. The molecule has 0 unspecified atom stereocenters. The molecule has 1 rings (SSSR count). The highest BCUT2D eigenvalue weighted by atomic mass is 35.5. The molecular formula is C8H13ClN4O. The van der Waals surface area contributed by atoms with Gasteiger partial charge >= 0.3 is 5.69 Å². The summed E-state index contributed by atoms with van der Waals surface area (Å²) in [7, 11) is 3.58. The van der Waals surface area contributed by atoms with Crippen molar-refractivity contribution in [2.75, 3.05) is 24.9 Å². The molecule has 1 heterocycles. The summed E-state index contributed by atoms with van der Waals surface area (Å²) in [6, 6.07) is 0. The summed E-state index contributed by atoms with van der Waals surface area (Å²) in [5.41, 5.74) is -0.284. The summed E-state index contributed by atoms with van der Waals surface area (Å²) in [6.45, 7) is 0.566. The van der Waals surface area contributed by atoms with Crippen LogP contribution in [0.5, 0.6) is 0 Å². The van der Waals surface area contributed by atoms with Gasteiger partial charge in [0, 0.05) is 26.5 Å². The molecule has 0 atom stereocenters. The maximum Gasteiger partial charge on any atom is 0.352 e. The van der Waals surface area contributed by atoms with Crippen LogP contribution in [0.25, 0.3) is 0 Å². The van der Waals surface area contributed by atoms with E-state index in [4.69, 9.17) is 11.6 Å². The Balaban J connectivity index is 2.85. The van der Waals surface area contributed by atoms with E-state index in [0.29, 0.717) is 18.4 Å². The predicted molar refractivity (Wildman–Crippen MR) is 56.0 cm³/mol. The quantitative estimate of drug-likeness (QED) is 0.681. The van der Waals surface area contributed by atoms with Gasteiger partial charge in [0.15, 0.2) is 0 Å². The maximum absolute atomic E-state index is 11.4. The van der Waals surface area contributed by atoms with E-state index in [2.05, 4.69) is 9.97 Å². The Bertz CT molecular complexity index is 349. The van der Waals surface area contributed by atoms with Crippen molar-refractivity contribution in [3.05, 3.63) is 16.8 Å². The molecule has 0 aliphatic rings. The minimum Gasteiger partial charge on any atom is -0.347 e. The Morgan fingerprint density at radius 2 is 2.29 bits per heavy atom. The van der Waals surface area contributed by atoms with Crippen LogP contribution in [-0.4, -0.2) is 34.5 Å². The zero-order chi connectivity index (χ0) is 10.6. The molecule has 5 nitrogen and oxygen atoms in total. The van der Waals surface area contributed by atoms with Crippen LogP contribution in [0.2, 0.25) is 0 Å². The van der Waals surface area contributed by atoms with E-state index in [1.54, 1.807) is 19.0 Å². The van der Waals surface area contributed by atoms with E-state index in [9.17, 15) is 4.79 Å². The zero-order valence-corrected chi connectivity index (χ0v) is 9.03. The van der Waals surface area contributed by atoms with Gasteiger partial charge in [-0.05, 0) is 6.42 Å². The number of rotatable bonds is 4. The van der Waals surface area contributed by atoms with Crippen LogP contribution in [0.3, 0.4) is 0 Å². The van der Waals surface area contributed by atoms with Gasteiger partial charge in [-0.3, -0.25) is 4.57 Å². The van der Waals surface area contributed by atoms with Crippen molar-refractivity contribution in [2.24, 2.45) is 0 Å². The van der Waals surface area contributed by atoms with E-state index in [-0.39, 0.29) is 5.69 Å². The minimum atomic E-state index is -0.284. The van der Waals surface area contributed by atoms with Gasteiger partial charge in [-0.1, -0.05) is 0 Å². The first kappa shape index (κ1) is 11.0. The fraction of sp³-hybridized carbons (Fsp3) is 0.625. The second-order valence-corrected chi connectivity index (χ2v) is 3.45. The van der Waals surface area contributed by atoms with E-state index in [1.807, 2.05) is 0 Å². The van der Waals surface area contributed by atoms with Gasteiger partial charge in [0.25, 0.3) is 0 Å². The first-order valence-corrected chi connectivity index (χ1v) is 4.85. The molecule has 0 fully saturated rings. The first-order valence-electron chi connectivity index (χ1n) is 4.32. The van der Waals surface area contributed by atoms with Crippen LogP contribution in [0.4, 0.5) is 5.95 Å². The third kappa shape index (κ3) is 2.70. The van der Waals surface area contributed by atoms with Crippen LogP contribution < -0.4 is 10.6 Å². The average molecular weight is 217 g/mol. The molecule has 0 bridgehead atoms. The lowest BCUT2D eigenvalue weighted by Crippen LogP contribution is -2.27. The van der Waals surface area contributed by atoms with Crippen molar-refractivity contribution < 1.29 is 0 Å². The van der Waals surface area contributed by atoms with Crippen molar-refractivity contribution in [3.63, 3.8) is 0 Å². The molecule has 0 aliphatic heterocycles. The van der Waals surface area contributed by atoms with Crippen molar-refractivity contribution in [3.8, 4) is 0 Å². The summed E-state index contributed by atoms with van der Waals surface area (Å²) in [6.07, 6.45) is 2.24. The molecule has 0 saturated heterocycles. The number of nitrogens with zero attached hydrogens (tertiary/aromatic N) is 4. The normalized spacial score (nSPS) is 10.2. The highest BCUT2D eigenvalue weighted by molar-refractivity contribution is 6.17. The largest absolute Gasteiger partial charge is 0.352 e. The topological polar surface area (TPSA) is 51.0 Å². The number of anilines is 1. The van der Waals surface area contributed by atoms with Crippen LogP contribution in [0.15, 0.2) is 11.1 Å². The molecule has 1 aromatic heterocycles. The third-order valence-electron chi connectivity index (χ3n) is 1.69. The SMILES string of the molecule is CN(C)c1ncn(CCCCl)c(=O)n1. The molecule has 0 aliphatic carbocycles. The lowest BCUT2D eigenvalue weighted by molar-refractivity contribution is 0.619. The highest BCUT2D eigenvalue weighted by Crippen LogP contribution is 1.96. The second kappa shape index (κ2) is 4.95. The maximum atomic E-state index is 11.4. The summed E-state index contributed by atoms with van der Waals surface area (Å²) >= 11 is 5.52. The zero-order valence-electron chi connectivity index (χ0n) is 8.27. The van der Waals surface area contributed by atoms with Gasteiger partial charge in [0.05, 0.1) is 0 Å². The van der Waals surface area contributed by atoms with Crippen molar-refractivity contribution in [2.45, 2.75) is 13.0 Å². The molecule has 78 valence electrons.